The third-order valence-electron chi connectivity index (χ3n) is 2.88. The highest BCUT2D eigenvalue weighted by molar-refractivity contribution is 14.1. The predicted molar refractivity (Wildman–Crippen MR) is 93.2 cm³/mol. The highest BCUT2D eigenvalue weighted by Crippen LogP contribution is 2.17. The molecule has 0 radical (unpaired) electrons. The smallest absolute Gasteiger partial charge is 0.238 e. The van der Waals surface area contributed by atoms with Crippen molar-refractivity contribution in [2.24, 2.45) is 0 Å². The van der Waals surface area contributed by atoms with Gasteiger partial charge in [-0.3, -0.25) is 9.69 Å². The van der Waals surface area contributed by atoms with Gasteiger partial charge in [-0.1, -0.05) is 6.07 Å². The molecule has 2 rings (SSSR count). The lowest BCUT2D eigenvalue weighted by molar-refractivity contribution is -0.117. The van der Waals surface area contributed by atoms with Crippen molar-refractivity contribution in [3.63, 3.8) is 0 Å². The van der Waals surface area contributed by atoms with Crippen molar-refractivity contribution in [2.75, 3.05) is 18.9 Å². The van der Waals surface area contributed by atoms with E-state index in [1.54, 1.807) is 11.3 Å². The molecule has 1 N–H and O–H groups in total. The third-order valence-corrected chi connectivity index (χ3v) is 4.41. The summed E-state index contributed by atoms with van der Waals surface area (Å²) in [6.45, 7) is 3.20. The number of hydrogen-bond donors (Lipinski definition) is 1. The summed E-state index contributed by atoms with van der Waals surface area (Å²) in [6, 6.07) is 10.1. The minimum absolute atomic E-state index is 0.0216. The Morgan fingerprint density at radius 3 is 2.85 bits per heavy atom. The highest BCUT2D eigenvalue weighted by Gasteiger charge is 2.09. The van der Waals surface area contributed by atoms with Crippen LogP contribution in [0.2, 0.25) is 0 Å². The van der Waals surface area contributed by atoms with Gasteiger partial charge in [0.05, 0.1) is 6.54 Å². The van der Waals surface area contributed by atoms with Gasteiger partial charge < -0.3 is 5.32 Å². The van der Waals surface area contributed by atoms with Crippen LogP contribution in [0.15, 0.2) is 35.7 Å². The quantitative estimate of drug-likeness (QED) is 0.776. The predicted octanol–water partition coefficient (Wildman–Crippen LogP) is 3.73. The van der Waals surface area contributed by atoms with Crippen molar-refractivity contribution in [1.29, 1.82) is 0 Å². The lowest BCUT2D eigenvalue weighted by Crippen LogP contribution is -2.29. The van der Waals surface area contributed by atoms with Gasteiger partial charge in [0.25, 0.3) is 0 Å². The minimum Gasteiger partial charge on any atom is -0.325 e. The molecule has 106 valence electrons. The van der Waals surface area contributed by atoms with Crippen molar-refractivity contribution in [3.8, 4) is 0 Å². The fourth-order valence-corrected chi connectivity index (χ4v) is 3.36. The first-order valence-corrected chi connectivity index (χ1v) is 8.27. The van der Waals surface area contributed by atoms with Gasteiger partial charge >= 0.3 is 0 Å². The Bertz CT molecular complexity index is 584. The number of anilines is 1. The molecule has 2 aromatic rings. The number of nitrogens with one attached hydrogen (secondary N) is 1. The molecule has 5 heteroatoms. The van der Waals surface area contributed by atoms with E-state index in [4.69, 9.17) is 0 Å². The summed E-state index contributed by atoms with van der Waals surface area (Å²) in [5.74, 6) is 0.0216. The maximum absolute atomic E-state index is 12.0. The first-order valence-electron chi connectivity index (χ1n) is 6.31. The topological polar surface area (TPSA) is 32.3 Å². The van der Waals surface area contributed by atoms with Crippen LogP contribution in [0.3, 0.4) is 0 Å². The van der Waals surface area contributed by atoms with Crippen LogP contribution in [0.5, 0.6) is 0 Å². The Kier molecular flexibility index (Phi) is 5.56. The SMILES string of the molecule is Cc1cc(I)ccc1NC(=O)CN(C)Cc1cccs1. The van der Waals surface area contributed by atoms with Crippen LogP contribution in [-0.2, 0) is 11.3 Å². The normalized spacial score (nSPS) is 10.8. The zero-order valence-electron chi connectivity index (χ0n) is 11.5. The summed E-state index contributed by atoms with van der Waals surface area (Å²) < 4.78 is 1.17. The fraction of sp³-hybridized carbons (Fsp3) is 0.267. The second-order valence-electron chi connectivity index (χ2n) is 4.76. The molecule has 0 atom stereocenters. The Morgan fingerprint density at radius 2 is 2.20 bits per heavy atom. The minimum atomic E-state index is 0.0216. The number of amides is 1. The third kappa shape index (κ3) is 4.57. The molecule has 0 saturated heterocycles. The van der Waals surface area contributed by atoms with Crippen LogP contribution >= 0.6 is 33.9 Å². The standard InChI is InChI=1S/C15H17IN2OS/c1-11-8-12(16)5-6-14(11)17-15(19)10-18(2)9-13-4-3-7-20-13/h3-8H,9-10H2,1-2H3,(H,17,19). The average Bonchev–Trinajstić information content (AvgIpc) is 2.85. The number of carbonyl (C=O) groups excluding carboxylic acids is 1. The van der Waals surface area contributed by atoms with Gasteiger partial charge in [0.15, 0.2) is 0 Å². The number of halogens is 1. The zero-order valence-corrected chi connectivity index (χ0v) is 14.5. The number of aryl methyl sites for hydroxylation is 1. The number of thiophene rings is 1. The Balaban J connectivity index is 1.88. The van der Waals surface area contributed by atoms with E-state index < -0.39 is 0 Å². The lowest BCUT2D eigenvalue weighted by atomic mass is 10.2. The van der Waals surface area contributed by atoms with E-state index in [0.29, 0.717) is 6.54 Å². The molecule has 3 nitrogen and oxygen atoms in total. The van der Waals surface area contributed by atoms with E-state index in [9.17, 15) is 4.79 Å². The summed E-state index contributed by atoms with van der Waals surface area (Å²) in [5.41, 5.74) is 1.98. The molecule has 0 spiro atoms. The second-order valence-corrected chi connectivity index (χ2v) is 7.04. The molecule has 1 heterocycles. The van der Waals surface area contributed by atoms with E-state index in [1.807, 2.05) is 37.1 Å². The van der Waals surface area contributed by atoms with Crippen LogP contribution in [0.25, 0.3) is 0 Å². The van der Waals surface area contributed by atoms with Crippen LogP contribution in [-0.4, -0.2) is 24.4 Å². The van der Waals surface area contributed by atoms with Gasteiger partial charge in [0.1, 0.15) is 0 Å². The van der Waals surface area contributed by atoms with Gasteiger partial charge in [-0.2, -0.15) is 0 Å². The second kappa shape index (κ2) is 7.19. The molecule has 1 amide bonds. The number of nitrogens with zero attached hydrogens (tertiary/aromatic N) is 1. The molecule has 0 aliphatic carbocycles. The molecule has 1 aromatic carbocycles. The molecule has 0 unspecified atom stereocenters. The van der Waals surface area contributed by atoms with Crippen molar-refractivity contribution in [3.05, 3.63) is 49.7 Å². The van der Waals surface area contributed by atoms with E-state index in [-0.39, 0.29) is 5.91 Å². The van der Waals surface area contributed by atoms with Crippen LogP contribution in [0.1, 0.15) is 10.4 Å². The van der Waals surface area contributed by atoms with E-state index in [1.165, 1.54) is 8.45 Å². The molecular formula is C15H17IN2OS. The summed E-state index contributed by atoms with van der Waals surface area (Å²) in [5, 5.41) is 5.02. The number of hydrogen-bond acceptors (Lipinski definition) is 3. The number of carbonyl (C=O) groups is 1. The van der Waals surface area contributed by atoms with Crippen molar-refractivity contribution in [2.45, 2.75) is 13.5 Å². The van der Waals surface area contributed by atoms with E-state index in [2.05, 4.69) is 45.4 Å². The molecule has 1 aromatic heterocycles. The molecule has 20 heavy (non-hydrogen) atoms. The number of rotatable bonds is 5. The first kappa shape index (κ1) is 15.5. The molecular weight excluding hydrogens is 383 g/mol. The van der Waals surface area contributed by atoms with Crippen LogP contribution < -0.4 is 5.32 Å². The largest absolute Gasteiger partial charge is 0.325 e. The summed E-state index contributed by atoms with van der Waals surface area (Å²) in [6.07, 6.45) is 0. The Hall–Kier alpha value is -0.920. The summed E-state index contributed by atoms with van der Waals surface area (Å²) in [4.78, 5) is 15.3. The molecule has 0 saturated carbocycles. The maximum atomic E-state index is 12.0. The van der Waals surface area contributed by atoms with Crippen LogP contribution in [0, 0.1) is 10.5 Å². The molecule has 0 bridgehead atoms. The first-order chi connectivity index (χ1) is 9.54. The van der Waals surface area contributed by atoms with Crippen molar-refractivity contribution in [1.82, 2.24) is 4.90 Å². The van der Waals surface area contributed by atoms with E-state index >= 15 is 0 Å². The molecule has 0 aliphatic rings. The lowest BCUT2D eigenvalue weighted by Gasteiger charge is -2.16. The Labute approximate surface area is 137 Å². The van der Waals surface area contributed by atoms with Gasteiger partial charge in [-0.25, -0.2) is 0 Å². The average molecular weight is 400 g/mol. The maximum Gasteiger partial charge on any atom is 0.238 e. The number of likely N-dealkylation sites (N-methyl/N-ethyl adjacent to an activating group) is 1. The zero-order chi connectivity index (χ0) is 14.5. The van der Waals surface area contributed by atoms with Gasteiger partial charge in [-0.05, 0) is 71.8 Å². The highest BCUT2D eigenvalue weighted by atomic mass is 127. The van der Waals surface area contributed by atoms with E-state index in [0.717, 1.165) is 17.8 Å². The van der Waals surface area contributed by atoms with Crippen molar-refractivity contribution < 1.29 is 4.79 Å². The number of benzene rings is 1. The summed E-state index contributed by atoms with van der Waals surface area (Å²) in [7, 11) is 1.96. The van der Waals surface area contributed by atoms with Crippen molar-refractivity contribution >= 4 is 45.5 Å². The monoisotopic (exact) mass is 400 g/mol. The van der Waals surface area contributed by atoms with Gasteiger partial charge in [-0.15, -0.1) is 11.3 Å². The van der Waals surface area contributed by atoms with Gasteiger partial charge in [0, 0.05) is 20.7 Å². The Morgan fingerprint density at radius 1 is 1.40 bits per heavy atom. The summed E-state index contributed by atoms with van der Waals surface area (Å²) >= 11 is 3.98. The van der Waals surface area contributed by atoms with Crippen LogP contribution in [0.4, 0.5) is 5.69 Å². The molecule has 0 aliphatic heterocycles. The fourth-order valence-electron chi connectivity index (χ4n) is 1.93. The van der Waals surface area contributed by atoms with Gasteiger partial charge in [0.2, 0.25) is 5.91 Å². The molecule has 0 fully saturated rings.